The zero-order chi connectivity index (χ0) is 15.7. The van der Waals surface area contributed by atoms with E-state index in [0.717, 1.165) is 0 Å². The van der Waals surface area contributed by atoms with Crippen LogP contribution in [0.2, 0.25) is 0 Å². The van der Waals surface area contributed by atoms with Crippen LogP contribution in [0, 0.1) is 0 Å². The number of aliphatic hydroxyl groups excluding tert-OH is 5. The van der Waals surface area contributed by atoms with Gasteiger partial charge >= 0.3 is 0 Å². The normalized spacial score (nSPS) is 51.3. The van der Waals surface area contributed by atoms with Crippen LogP contribution >= 0.6 is 0 Å². The van der Waals surface area contributed by atoms with Crippen molar-refractivity contribution in [2.24, 2.45) is 5.73 Å². The zero-order valence-electron chi connectivity index (χ0n) is 11.6. The summed E-state index contributed by atoms with van der Waals surface area (Å²) in [4.78, 5) is 0. The summed E-state index contributed by atoms with van der Waals surface area (Å²) in [6.07, 6.45) is -8.05. The molecule has 0 aromatic heterocycles. The fraction of sp³-hybridized carbons (Fsp3) is 1.00. The van der Waals surface area contributed by atoms with Gasteiger partial charge < -0.3 is 45.5 Å². The van der Waals surface area contributed by atoms with E-state index in [0.29, 0.717) is 0 Å². The van der Waals surface area contributed by atoms with Crippen LogP contribution in [0.4, 0.5) is 0 Å². The lowest BCUT2D eigenvalue weighted by molar-refractivity contribution is -0.272. The van der Waals surface area contributed by atoms with E-state index in [2.05, 4.69) is 0 Å². The lowest BCUT2D eigenvalue weighted by Crippen LogP contribution is -2.62. The second-order valence-electron chi connectivity index (χ2n) is 5.48. The monoisotopic (exact) mass is 309 g/mol. The van der Waals surface area contributed by atoms with Gasteiger partial charge in [0.15, 0.2) is 6.29 Å². The molecule has 2 aliphatic heterocycles. The predicted octanol–water partition coefficient (Wildman–Crippen LogP) is -3.72. The molecule has 2 heterocycles. The van der Waals surface area contributed by atoms with Crippen molar-refractivity contribution < 1.29 is 39.7 Å². The topological polar surface area (TPSA) is 155 Å². The molecule has 0 amide bonds. The molecule has 9 atom stereocenters. The van der Waals surface area contributed by atoms with Gasteiger partial charge in [0.2, 0.25) is 0 Å². The Morgan fingerprint density at radius 1 is 0.952 bits per heavy atom. The van der Waals surface area contributed by atoms with E-state index in [1.807, 2.05) is 0 Å². The standard InChI is InChI=1S/C12H23NO8/c1-4-8(15)10(17)6(20-4)3-19-12-7(13)11(18)9(16)5(2-14)21-12/h4-12,14-18H,2-3,13H2,1H3/t4-,5-,6-,7-,8+,9-,10-,11-,12?/m1/s1. The van der Waals surface area contributed by atoms with Gasteiger partial charge in [0, 0.05) is 0 Å². The lowest BCUT2D eigenvalue weighted by atomic mass is 9.98. The van der Waals surface area contributed by atoms with Gasteiger partial charge in [0.1, 0.15) is 36.6 Å². The first-order valence-corrected chi connectivity index (χ1v) is 6.88. The molecule has 0 spiro atoms. The van der Waals surface area contributed by atoms with Crippen molar-refractivity contribution in [3.63, 3.8) is 0 Å². The molecule has 9 heteroatoms. The molecule has 0 bridgehead atoms. The molecule has 2 saturated heterocycles. The largest absolute Gasteiger partial charge is 0.394 e. The van der Waals surface area contributed by atoms with E-state index in [1.54, 1.807) is 6.92 Å². The minimum atomic E-state index is -1.31. The molecule has 9 nitrogen and oxygen atoms in total. The van der Waals surface area contributed by atoms with Crippen LogP contribution in [0.3, 0.4) is 0 Å². The van der Waals surface area contributed by atoms with E-state index in [-0.39, 0.29) is 6.61 Å². The third kappa shape index (κ3) is 3.36. The van der Waals surface area contributed by atoms with Gasteiger partial charge in [0.05, 0.1) is 25.4 Å². The summed E-state index contributed by atoms with van der Waals surface area (Å²) in [6.45, 7) is 1.02. The molecule has 0 aliphatic carbocycles. The Morgan fingerprint density at radius 2 is 1.57 bits per heavy atom. The molecule has 0 saturated carbocycles. The van der Waals surface area contributed by atoms with Crippen molar-refractivity contribution in [3.8, 4) is 0 Å². The molecule has 1 unspecified atom stereocenters. The molecule has 2 aliphatic rings. The third-order valence-corrected chi connectivity index (χ3v) is 3.95. The molecule has 7 N–H and O–H groups in total. The van der Waals surface area contributed by atoms with Crippen molar-refractivity contribution in [1.29, 1.82) is 0 Å². The van der Waals surface area contributed by atoms with Crippen LogP contribution in [-0.4, -0.2) is 93.8 Å². The van der Waals surface area contributed by atoms with Gasteiger partial charge in [0.25, 0.3) is 0 Å². The number of nitrogens with two attached hydrogens (primary N) is 1. The Labute approximate surface area is 121 Å². The van der Waals surface area contributed by atoms with Gasteiger partial charge in [-0.15, -0.1) is 0 Å². The fourth-order valence-electron chi connectivity index (χ4n) is 2.52. The maximum Gasteiger partial charge on any atom is 0.175 e. The number of rotatable bonds is 4. The van der Waals surface area contributed by atoms with E-state index in [9.17, 15) is 20.4 Å². The summed E-state index contributed by atoms with van der Waals surface area (Å²) in [6, 6.07) is -1.01. The highest BCUT2D eigenvalue weighted by atomic mass is 16.7. The van der Waals surface area contributed by atoms with Gasteiger partial charge in [-0.05, 0) is 6.92 Å². The average molecular weight is 309 g/mol. The van der Waals surface area contributed by atoms with Crippen molar-refractivity contribution in [3.05, 3.63) is 0 Å². The molecule has 0 aromatic carbocycles. The first-order chi connectivity index (χ1) is 9.86. The van der Waals surface area contributed by atoms with Gasteiger partial charge in [-0.2, -0.15) is 0 Å². The van der Waals surface area contributed by atoms with E-state index in [4.69, 9.17) is 25.1 Å². The average Bonchev–Trinajstić information content (AvgIpc) is 2.71. The fourth-order valence-corrected chi connectivity index (χ4v) is 2.52. The Morgan fingerprint density at radius 3 is 2.10 bits per heavy atom. The van der Waals surface area contributed by atoms with Gasteiger partial charge in [-0.25, -0.2) is 0 Å². The second kappa shape index (κ2) is 6.82. The first kappa shape index (κ1) is 17.0. The van der Waals surface area contributed by atoms with Crippen LogP contribution in [-0.2, 0) is 14.2 Å². The summed E-state index contributed by atoms with van der Waals surface area (Å²) >= 11 is 0. The number of hydrogen-bond donors (Lipinski definition) is 6. The van der Waals surface area contributed by atoms with Crippen molar-refractivity contribution in [2.45, 2.75) is 62.0 Å². The Hall–Kier alpha value is -0.360. The van der Waals surface area contributed by atoms with Crippen molar-refractivity contribution in [1.82, 2.24) is 0 Å². The molecule has 0 aromatic rings. The van der Waals surface area contributed by atoms with Crippen molar-refractivity contribution in [2.75, 3.05) is 13.2 Å². The summed E-state index contributed by atoms with van der Waals surface area (Å²) in [5, 5.41) is 47.9. The summed E-state index contributed by atoms with van der Waals surface area (Å²) in [7, 11) is 0. The second-order valence-corrected chi connectivity index (χ2v) is 5.48. The lowest BCUT2D eigenvalue weighted by Gasteiger charge is -2.40. The summed E-state index contributed by atoms with van der Waals surface area (Å²) in [5.74, 6) is 0. The number of hydrogen-bond acceptors (Lipinski definition) is 9. The molecule has 2 fully saturated rings. The maximum absolute atomic E-state index is 9.78. The Kier molecular flexibility index (Phi) is 5.52. The van der Waals surface area contributed by atoms with E-state index in [1.165, 1.54) is 0 Å². The molecule has 2 rings (SSSR count). The van der Waals surface area contributed by atoms with E-state index < -0.39 is 61.7 Å². The van der Waals surface area contributed by atoms with Gasteiger partial charge in [-0.3, -0.25) is 0 Å². The highest BCUT2D eigenvalue weighted by Crippen LogP contribution is 2.24. The van der Waals surface area contributed by atoms with Crippen molar-refractivity contribution >= 4 is 0 Å². The minimum absolute atomic E-state index is 0.109. The molecule has 21 heavy (non-hydrogen) atoms. The first-order valence-electron chi connectivity index (χ1n) is 6.88. The predicted molar refractivity (Wildman–Crippen MR) is 68.0 cm³/mol. The van der Waals surface area contributed by atoms with Crippen LogP contribution in [0.25, 0.3) is 0 Å². The smallest absolute Gasteiger partial charge is 0.175 e. The van der Waals surface area contributed by atoms with Crippen LogP contribution in [0.5, 0.6) is 0 Å². The SMILES string of the molecule is C[C@H]1O[C@H](COC2O[C@H](CO)[C@@H](O)[C@H](O)[C@H]2N)[C@@H](O)[C@H]1O. The highest BCUT2D eigenvalue weighted by molar-refractivity contribution is 4.92. The summed E-state index contributed by atoms with van der Waals surface area (Å²) in [5.41, 5.74) is 5.71. The van der Waals surface area contributed by atoms with Gasteiger partial charge in [-0.1, -0.05) is 0 Å². The van der Waals surface area contributed by atoms with E-state index >= 15 is 0 Å². The number of ether oxygens (including phenoxy) is 3. The molecule has 0 radical (unpaired) electrons. The minimum Gasteiger partial charge on any atom is -0.394 e. The van der Waals surface area contributed by atoms with Crippen LogP contribution in [0.15, 0.2) is 0 Å². The Balaban J connectivity index is 1.90. The van der Waals surface area contributed by atoms with Crippen LogP contribution in [0.1, 0.15) is 6.92 Å². The summed E-state index contributed by atoms with van der Waals surface area (Å²) < 4.78 is 16.0. The zero-order valence-corrected chi connectivity index (χ0v) is 11.6. The molecular formula is C12H23NO8. The Bertz CT molecular complexity index is 343. The quantitative estimate of drug-likeness (QED) is 0.307. The molecular weight excluding hydrogens is 286 g/mol. The molecule has 124 valence electrons. The highest BCUT2D eigenvalue weighted by Gasteiger charge is 2.45. The maximum atomic E-state index is 9.78. The van der Waals surface area contributed by atoms with Crippen LogP contribution < -0.4 is 5.73 Å². The number of aliphatic hydroxyl groups is 5. The third-order valence-electron chi connectivity index (χ3n) is 3.95.